The maximum Gasteiger partial charge on any atom is 0.243 e. The minimum Gasteiger partial charge on any atom is -0.379 e. The van der Waals surface area contributed by atoms with Gasteiger partial charge in [0, 0.05) is 31.2 Å². The lowest BCUT2D eigenvalue weighted by Gasteiger charge is -2.28. The lowest BCUT2D eigenvalue weighted by molar-refractivity contribution is -0.122. The summed E-state index contributed by atoms with van der Waals surface area (Å²) >= 11 is 5.91. The van der Waals surface area contributed by atoms with Crippen molar-refractivity contribution in [3.8, 4) is 0 Å². The first-order chi connectivity index (χ1) is 14.7. The molecule has 1 aliphatic rings. The third-order valence-corrected chi connectivity index (χ3v) is 6.63. The number of carbonyl (C=O) groups is 1. The average molecular weight is 466 g/mol. The van der Waals surface area contributed by atoms with E-state index in [9.17, 15) is 13.2 Å². The minimum atomic E-state index is -3.67. The van der Waals surface area contributed by atoms with Gasteiger partial charge in [0.2, 0.25) is 15.9 Å². The van der Waals surface area contributed by atoms with Gasteiger partial charge in [0.1, 0.15) is 6.04 Å². The molecule has 2 aromatic carbocycles. The maximum atomic E-state index is 12.8. The summed E-state index contributed by atoms with van der Waals surface area (Å²) in [5.41, 5.74) is 2.52. The highest BCUT2D eigenvalue weighted by molar-refractivity contribution is 7.92. The Labute approximate surface area is 189 Å². The third kappa shape index (κ3) is 6.67. The number of nitrogens with one attached hydrogen (secondary N) is 1. The standard InChI is InChI=1S/C22H28ClN3O4S/c1-17(26(31(2,28)29)21-8-6-20(23)7-9-21)22(27)24-15-18-4-3-5-19(14-18)16-25-10-12-30-13-11-25/h3-9,14,17H,10-13,15-16H2,1-2H3,(H,24,27)/t17-/m0/s1. The molecule has 1 heterocycles. The predicted octanol–water partition coefficient (Wildman–Crippen LogP) is 2.64. The van der Waals surface area contributed by atoms with Crippen molar-refractivity contribution < 1.29 is 17.9 Å². The van der Waals surface area contributed by atoms with Gasteiger partial charge in [0.25, 0.3) is 0 Å². The van der Waals surface area contributed by atoms with Crippen molar-refractivity contribution >= 4 is 33.2 Å². The van der Waals surface area contributed by atoms with Crippen LogP contribution in [0.25, 0.3) is 0 Å². The molecule has 1 N–H and O–H groups in total. The fraction of sp³-hybridized carbons (Fsp3) is 0.409. The molecule has 3 rings (SSSR count). The van der Waals surface area contributed by atoms with Gasteiger partial charge in [0.05, 0.1) is 25.2 Å². The summed E-state index contributed by atoms with van der Waals surface area (Å²) in [6, 6.07) is 13.5. The first-order valence-corrected chi connectivity index (χ1v) is 12.4. The molecule has 9 heteroatoms. The van der Waals surface area contributed by atoms with Crippen LogP contribution in [0.15, 0.2) is 48.5 Å². The number of sulfonamides is 1. The number of benzene rings is 2. The SMILES string of the molecule is C[C@@H](C(=O)NCc1cccc(CN2CCOCC2)c1)N(c1ccc(Cl)cc1)S(C)(=O)=O. The molecule has 7 nitrogen and oxygen atoms in total. The van der Waals surface area contributed by atoms with E-state index in [1.165, 1.54) is 5.56 Å². The van der Waals surface area contributed by atoms with E-state index in [1.807, 2.05) is 12.1 Å². The number of carbonyl (C=O) groups excluding carboxylic acids is 1. The fourth-order valence-corrected chi connectivity index (χ4v) is 4.89. The van der Waals surface area contributed by atoms with Gasteiger partial charge in [-0.1, -0.05) is 35.9 Å². The minimum absolute atomic E-state index is 0.318. The Hall–Kier alpha value is -2.13. The number of morpholine rings is 1. The van der Waals surface area contributed by atoms with Crippen LogP contribution in [0.3, 0.4) is 0 Å². The summed E-state index contributed by atoms with van der Waals surface area (Å²) < 4.78 is 31.2. The molecule has 0 spiro atoms. The van der Waals surface area contributed by atoms with Crippen LogP contribution in [0.2, 0.25) is 5.02 Å². The van der Waals surface area contributed by atoms with Gasteiger partial charge >= 0.3 is 0 Å². The molecular weight excluding hydrogens is 438 g/mol. The van der Waals surface area contributed by atoms with Crippen LogP contribution in [0.5, 0.6) is 0 Å². The molecule has 1 aliphatic heterocycles. The molecule has 0 saturated carbocycles. The highest BCUT2D eigenvalue weighted by atomic mass is 35.5. The second-order valence-corrected chi connectivity index (χ2v) is 9.93. The van der Waals surface area contributed by atoms with E-state index in [0.717, 1.165) is 49.0 Å². The van der Waals surface area contributed by atoms with Crippen molar-refractivity contribution in [3.63, 3.8) is 0 Å². The van der Waals surface area contributed by atoms with Gasteiger partial charge in [-0.2, -0.15) is 0 Å². The smallest absolute Gasteiger partial charge is 0.243 e. The molecule has 0 aliphatic carbocycles. The van der Waals surface area contributed by atoms with E-state index < -0.39 is 16.1 Å². The van der Waals surface area contributed by atoms with Gasteiger partial charge in [-0.3, -0.25) is 14.0 Å². The van der Waals surface area contributed by atoms with Crippen molar-refractivity contribution in [1.82, 2.24) is 10.2 Å². The zero-order valence-corrected chi connectivity index (χ0v) is 19.3. The summed E-state index contributed by atoms with van der Waals surface area (Å²) in [4.78, 5) is 15.1. The average Bonchev–Trinajstić information content (AvgIpc) is 2.73. The highest BCUT2D eigenvalue weighted by Gasteiger charge is 2.29. The first-order valence-electron chi connectivity index (χ1n) is 10.1. The lowest BCUT2D eigenvalue weighted by atomic mass is 10.1. The molecule has 0 radical (unpaired) electrons. The first kappa shape index (κ1) is 23.5. The van der Waals surface area contributed by atoms with Crippen LogP contribution < -0.4 is 9.62 Å². The summed E-state index contributed by atoms with van der Waals surface area (Å²) in [6.07, 6.45) is 1.08. The number of rotatable bonds is 8. The lowest BCUT2D eigenvalue weighted by Crippen LogP contribution is -2.47. The van der Waals surface area contributed by atoms with Crippen LogP contribution in [-0.2, 0) is 32.6 Å². The number of amides is 1. The summed E-state index contributed by atoms with van der Waals surface area (Å²) in [7, 11) is -3.67. The van der Waals surface area contributed by atoms with Crippen LogP contribution in [-0.4, -0.2) is 57.8 Å². The van der Waals surface area contributed by atoms with Crippen LogP contribution >= 0.6 is 11.6 Å². The Kier molecular flexibility index (Phi) is 7.94. The topological polar surface area (TPSA) is 79.0 Å². The molecule has 2 aromatic rings. The van der Waals surface area contributed by atoms with Gasteiger partial charge < -0.3 is 10.1 Å². The Balaban J connectivity index is 1.64. The van der Waals surface area contributed by atoms with E-state index in [-0.39, 0.29) is 5.91 Å². The Bertz CT molecular complexity index is 992. The number of anilines is 1. The number of halogens is 1. The summed E-state index contributed by atoms with van der Waals surface area (Å²) in [6.45, 7) is 6.03. The van der Waals surface area contributed by atoms with Crippen molar-refractivity contribution in [3.05, 3.63) is 64.7 Å². The van der Waals surface area contributed by atoms with Crippen LogP contribution in [0, 0.1) is 0 Å². The zero-order valence-electron chi connectivity index (χ0n) is 17.8. The molecule has 31 heavy (non-hydrogen) atoms. The Morgan fingerprint density at radius 2 is 1.81 bits per heavy atom. The number of ether oxygens (including phenoxy) is 1. The van der Waals surface area contributed by atoms with E-state index in [0.29, 0.717) is 17.3 Å². The molecule has 1 atom stereocenters. The fourth-order valence-electron chi connectivity index (χ4n) is 3.59. The zero-order chi connectivity index (χ0) is 22.4. The Morgan fingerprint density at radius 3 is 2.45 bits per heavy atom. The monoisotopic (exact) mass is 465 g/mol. The van der Waals surface area contributed by atoms with Crippen molar-refractivity contribution in [1.29, 1.82) is 0 Å². The molecule has 1 amide bonds. The largest absolute Gasteiger partial charge is 0.379 e. The van der Waals surface area contributed by atoms with Crippen LogP contribution in [0.4, 0.5) is 5.69 Å². The number of nitrogens with zero attached hydrogens (tertiary/aromatic N) is 2. The summed E-state index contributed by atoms with van der Waals surface area (Å²) in [5.74, 6) is -0.376. The molecule has 168 valence electrons. The van der Waals surface area contributed by atoms with Crippen LogP contribution in [0.1, 0.15) is 18.1 Å². The number of hydrogen-bond donors (Lipinski definition) is 1. The van der Waals surface area contributed by atoms with Crippen molar-refractivity contribution in [2.45, 2.75) is 26.1 Å². The van der Waals surface area contributed by atoms with Crippen molar-refractivity contribution in [2.75, 3.05) is 36.9 Å². The normalized spacial score (nSPS) is 16.0. The van der Waals surface area contributed by atoms with E-state index >= 15 is 0 Å². The Morgan fingerprint density at radius 1 is 1.16 bits per heavy atom. The molecule has 0 bridgehead atoms. The highest BCUT2D eigenvalue weighted by Crippen LogP contribution is 2.23. The van der Waals surface area contributed by atoms with Crippen molar-refractivity contribution in [2.24, 2.45) is 0 Å². The second-order valence-electron chi connectivity index (χ2n) is 7.64. The van der Waals surface area contributed by atoms with Gasteiger partial charge in [-0.25, -0.2) is 8.42 Å². The predicted molar refractivity (Wildman–Crippen MR) is 123 cm³/mol. The maximum absolute atomic E-state index is 12.8. The quantitative estimate of drug-likeness (QED) is 0.648. The van der Waals surface area contributed by atoms with Gasteiger partial charge in [-0.05, 0) is 42.3 Å². The second kappa shape index (κ2) is 10.5. The van der Waals surface area contributed by atoms with Gasteiger partial charge in [-0.15, -0.1) is 0 Å². The molecule has 1 fully saturated rings. The molecular formula is C22H28ClN3O4S. The molecule has 1 saturated heterocycles. The van der Waals surface area contributed by atoms with Gasteiger partial charge in [0.15, 0.2) is 0 Å². The molecule has 0 unspecified atom stereocenters. The molecule has 0 aromatic heterocycles. The summed E-state index contributed by atoms with van der Waals surface area (Å²) in [5, 5.41) is 3.35. The third-order valence-electron chi connectivity index (χ3n) is 5.14. The van der Waals surface area contributed by atoms with E-state index in [1.54, 1.807) is 31.2 Å². The van der Waals surface area contributed by atoms with E-state index in [4.69, 9.17) is 16.3 Å². The van der Waals surface area contributed by atoms with E-state index in [2.05, 4.69) is 22.3 Å². The number of hydrogen-bond acceptors (Lipinski definition) is 5.